The van der Waals surface area contributed by atoms with Crippen molar-refractivity contribution in [2.24, 2.45) is 0 Å². The van der Waals surface area contributed by atoms with Crippen molar-refractivity contribution in [1.82, 2.24) is 24.8 Å². The zero-order valence-electron chi connectivity index (χ0n) is 18.5. The normalized spacial score (nSPS) is 16.5. The maximum absolute atomic E-state index is 13.8. The summed E-state index contributed by atoms with van der Waals surface area (Å²) in [5.74, 6) is -0.620. The van der Waals surface area contributed by atoms with Crippen LogP contribution in [-0.2, 0) is 17.5 Å². The number of aryl methyl sites for hydroxylation is 1. The second-order valence-electron chi connectivity index (χ2n) is 8.23. The van der Waals surface area contributed by atoms with Crippen LogP contribution in [0.3, 0.4) is 0 Å². The average molecular weight is 476 g/mol. The smallest absolute Gasteiger partial charge is 0.353 e. The van der Waals surface area contributed by atoms with E-state index in [0.717, 1.165) is 31.0 Å². The molecule has 3 aromatic rings. The van der Waals surface area contributed by atoms with E-state index in [4.69, 9.17) is 0 Å². The van der Waals surface area contributed by atoms with E-state index in [-0.39, 0.29) is 18.0 Å². The molecule has 2 aromatic heterocycles. The van der Waals surface area contributed by atoms with Crippen LogP contribution in [0.4, 0.5) is 23.4 Å². The number of nitrogens with one attached hydrogen (secondary N) is 1. The van der Waals surface area contributed by atoms with E-state index in [1.54, 1.807) is 23.3 Å². The number of rotatable bonds is 6. The molecule has 0 spiro atoms. The van der Waals surface area contributed by atoms with Gasteiger partial charge in [-0.3, -0.25) is 9.36 Å². The van der Waals surface area contributed by atoms with Gasteiger partial charge >= 0.3 is 6.18 Å². The molecule has 0 bridgehead atoms. The minimum absolute atomic E-state index is 0.0835. The number of aromatic nitrogens is 4. The van der Waals surface area contributed by atoms with E-state index in [9.17, 15) is 22.4 Å². The lowest BCUT2D eigenvalue weighted by Crippen LogP contribution is -2.43. The van der Waals surface area contributed by atoms with Gasteiger partial charge in [0.15, 0.2) is 0 Å². The van der Waals surface area contributed by atoms with Crippen molar-refractivity contribution >= 4 is 11.7 Å². The van der Waals surface area contributed by atoms with E-state index in [2.05, 4.69) is 20.3 Å². The lowest BCUT2D eigenvalue weighted by molar-refractivity contribution is -0.140. The quantitative estimate of drug-likeness (QED) is 0.540. The van der Waals surface area contributed by atoms with Crippen molar-refractivity contribution in [3.63, 3.8) is 0 Å². The van der Waals surface area contributed by atoms with Crippen LogP contribution in [0, 0.1) is 12.7 Å². The standard InChI is InChI=1S/C23H24F4N6O/c1-15-11-19(31-22(30-15)32-10-8-28-14-32)33-9-3-2-6-17(33)12-20(34)29-13-16-5-4-7-18(24)21(16)23(25,26)27/h4-5,7-8,10-11,14,17H,2-3,6,9,12-13H2,1H3,(H,29,34). The molecule has 1 atom stereocenters. The van der Waals surface area contributed by atoms with Crippen molar-refractivity contribution in [1.29, 1.82) is 0 Å². The summed E-state index contributed by atoms with van der Waals surface area (Å²) in [7, 11) is 0. The number of benzene rings is 1. The number of alkyl halides is 3. The molecule has 1 amide bonds. The Morgan fingerprint density at radius 3 is 2.79 bits per heavy atom. The summed E-state index contributed by atoms with van der Waals surface area (Å²) in [6.45, 7) is 2.14. The minimum Gasteiger partial charge on any atom is -0.353 e. The average Bonchev–Trinajstić information content (AvgIpc) is 3.32. The lowest BCUT2D eigenvalue weighted by atomic mass is 9.98. The van der Waals surface area contributed by atoms with Crippen molar-refractivity contribution in [2.45, 2.75) is 51.4 Å². The number of amides is 1. The van der Waals surface area contributed by atoms with Gasteiger partial charge in [-0.2, -0.15) is 18.2 Å². The summed E-state index contributed by atoms with van der Waals surface area (Å²) in [6.07, 6.45) is 2.80. The number of imidazole rings is 1. The first-order chi connectivity index (χ1) is 16.2. The van der Waals surface area contributed by atoms with E-state index in [0.29, 0.717) is 18.3 Å². The van der Waals surface area contributed by atoms with Gasteiger partial charge < -0.3 is 10.2 Å². The van der Waals surface area contributed by atoms with Crippen molar-refractivity contribution in [3.8, 4) is 5.95 Å². The fraction of sp³-hybridized carbons (Fsp3) is 0.391. The molecule has 11 heteroatoms. The molecular formula is C23H24F4N6O. The molecule has 3 heterocycles. The molecule has 0 aliphatic carbocycles. The third-order valence-corrected chi connectivity index (χ3v) is 5.77. The largest absolute Gasteiger partial charge is 0.419 e. The summed E-state index contributed by atoms with van der Waals surface area (Å²) in [6, 6.07) is 4.80. The number of hydrogen-bond acceptors (Lipinski definition) is 5. The van der Waals surface area contributed by atoms with Crippen LogP contribution in [0.25, 0.3) is 5.95 Å². The summed E-state index contributed by atoms with van der Waals surface area (Å²) >= 11 is 0. The number of halogens is 4. The fourth-order valence-electron chi connectivity index (χ4n) is 4.20. The number of piperidine rings is 1. The molecule has 1 aliphatic heterocycles. The Morgan fingerprint density at radius 1 is 1.24 bits per heavy atom. The third-order valence-electron chi connectivity index (χ3n) is 5.77. The predicted octanol–water partition coefficient (Wildman–Crippen LogP) is 4.19. The lowest BCUT2D eigenvalue weighted by Gasteiger charge is -2.36. The minimum atomic E-state index is -4.84. The molecule has 0 radical (unpaired) electrons. The highest BCUT2D eigenvalue weighted by Gasteiger charge is 2.36. The van der Waals surface area contributed by atoms with Crippen LogP contribution in [0.15, 0.2) is 43.0 Å². The van der Waals surface area contributed by atoms with E-state index in [1.165, 1.54) is 12.1 Å². The van der Waals surface area contributed by atoms with Crippen LogP contribution in [0.2, 0.25) is 0 Å². The molecule has 4 rings (SSSR count). The first-order valence-corrected chi connectivity index (χ1v) is 10.9. The highest BCUT2D eigenvalue weighted by molar-refractivity contribution is 5.77. The Morgan fingerprint density at radius 2 is 2.06 bits per heavy atom. The maximum atomic E-state index is 13.8. The Hall–Kier alpha value is -3.50. The summed E-state index contributed by atoms with van der Waals surface area (Å²) in [4.78, 5) is 27.8. The Bertz CT molecular complexity index is 1150. The molecule has 1 N–H and O–H groups in total. The zero-order chi connectivity index (χ0) is 24.3. The first kappa shape index (κ1) is 23.7. The Labute approximate surface area is 193 Å². The summed E-state index contributed by atoms with van der Waals surface area (Å²) in [5, 5.41) is 2.53. The van der Waals surface area contributed by atoms with Crippen LogP contribution in [0.1, 0.15) is 42.5 Å². The predicted molar refractivity (Wildman–Crippen MR) is 117 cm³/mol. The highest BCUT2D eigenvalue weighted by atomic mass is 19.4. The number of anilines is 1. The van der Waals surface area contributed by atoms with Crippen molar-refractivity contribution < 1.29 is 22.4 Å². The van der Waals surface area contributed by atoms with Gasteiger partial charge in [0.1, 0.15) is 18.0 Å². The molecule has 1 fully saturated rings. The van der Waals surface area contributed by atoms with E-state index >= 15 is 0 Å². The fourth-order valence-corrected chi connectivity index (χ4v) is 4.20. The Balaban J connectivity index is 1.48. The first-order valence-electron chi connectivity index (χ1n) is 10.9. The van der Waals surface area contributed by atoms with Crippen molar-refractivity contribution in [2.75, 3.05) is 11.4 Å². The second-order valence-corrected chi connectivity index (χ2v) is 8.23. The SMILES string of the molecule is Cc1cc(N2CCCCC2CC(=O)NCc2cccc(F)c2C(F)(F)F)nc(-n2ccnc2)n1. The maximum Gasteiger partial charge on any atom is 0.419 e. The van der Waals surface area contributed by atoms with Gasteiger partial charge in [-0.15, -0.1) is 0 Å². The van der Waals surface area contributed by atoms with Gasteiger partial charge in [0.2, 0.25) is 11.9 Å². The van der Waals surface area contributed by atoms with Gasteiger partial charge in [-0.1, -0.05) is 12.1 Å². The molecule has 1 aromatic carbocycles. The van der Waals surface area contributed by atoms with Gasteiger partial charge in [-0.05, 0) is 37.8 Å². The van der Waals surface area contributed by atoms with Crippen molar-refractivity contribution in [3.05, 3.63) is 65.6 Å². The van der Waals surface area contributed by atoms with Gasteiger partial charge in [0.05, 0.1) is 5.56 Å². The monoisotopic (exact) mass is 476 g/mol. The van der Waals surface area contributed by atoms with Gasteiger partial charge in [0.25, 0.3) is 0 Å². The number of hydrogen-bond donors (Lipinski definition) is 1. The number of carbonyl (C=O) groups excluding carboxylic acids is 1. The third kappa shape index (κ3) is 5.35. The topological polar surface area (TPSA) is 75.9 Å². The molecule has 1 aliphatic rings. The summed E-state index contributed by atoms with van der Waals surface area (Å²) in [5.41, 5.74) is -0.899. The van der Waals surface area contributed by atoms with Crippen LogP contribution in [-0.4, -0.2) is 38.0 Å². The number of carbonyl (C=O) groups is 1. The molecule has 1 unspecified atom stereocenters. The van der Waals surface area contributed by atoms with Crippen LogP contribution in [0.5, 0.6) is 0 Å². The number of nitrogens with zero attached hydrogens (tertiary/aromatic N) is 5. The van der Waals surface area contributed by atoms with Crippen LogP contribution < -0.4 is 10.2 Å². The molecule has 1 saturated heterocycles. The summed E-state index contributed by atoms with van der Waals surface area (Å²) < 4.78 is 55.2. The highest BCUT2D eigenvalue weighted by Crippen LogP contribution is 2.34. The molecule has 34 heavy (non-hydrogen) atoms. The molecule has 180 valence electrons. The van der Waals surface area contributed by atoms with Gasteiger partial charge in [0, 0.05) is 49.7 Å². The van der Waals surface area contributed by atoms with Gasteiger partial charge in [-0.25, -0.2) is 14.4 Å². The molecular weight excluding hydrogens is 452 g/mol. The van der Waals surface area contributed by atoms with Crippen LogP contribution >= 0.6 is 0 Å². The molecule has 7 nitrogen and oxygen atoms in total. The zero-order valence-corrected chi connectivity index (χ0v) is 18.5. The van der Waals surface area contributed by atoms with E-state index in [1.807, 2.05) is 17.9 Å². The molecule has 0 saturated carbocycles. The Kier molecular flexibility index (Phi) is 6.80. The second kappa shape index (κ2) is 9.78. The van der Waals surface area contributed by atoms with E-state index < -0.39 is 30.0 Å².